The fraction of sp³-hybridized carbons (Fsp3) is 0.0952. The Hall–Kier alpha value is -1.98. The maximum absolute atomic E-state index is 14.5. The van der Waals surface area contributed by atoms with Gasteiger partial charge in [-0.1, -0.05) is 58.4 Å². The van der Waals surface area contributed by atoms with Crippen LogP contribution in [0.4, 0.5) is 10.1 Å². The molecular weight excluding hydrogens is 459 g/mol. The standard InChI is InChI=1S/C21H15Br2FN2/c22-15-11-9-14(10-12-15)19-13-21(16-5-1-3-7-18(16)24)26(25-19)20-8-4-2-6-17(20)23/h1-12,21H,13H2. The van der Waals surface area contributed by atoms with Crippen molar-refractivity contribution in [3.63, 3.8) is 0 Å². The summed E-state index contributed by atoms with van der Waals surface area (Å²) >= 11 is 7.06. The Kier molecular flexibility index (Phi) is 4.92. The number of hydrogen-bond acceptors (Lipinski definition) is 2. The minimum atomic E-state index is -0.207. The van der Waals surface area contributed by atoms with E-state index in [1.807, 2.05) is 65.7 Å². The zero-order chi connectivity index (χ0) is 18.1. The fourth-order valence-corrected chi connectivity index (χ4v) is 3.91. The summed E-state index contributed by atoms with van der Waals surface area (Å²) in [6, 6.07) is 22.7. The Bertz CT molecular complexity index is 970. The Labute approximate surface area is 168 Å². The quantitative estimate of drug-likeness (QED) is 0.412. The highest BCUT2D eigenvalue weighted by Crippen LogP contribution is 2.40. The molecule has 3 aromatic rings. The second kappa shape index (κ2) is 7.33. The Balaban J connectivity index is 1.80. The van der Waals surface area contributed by atoms with Crippen LogP contribution < -0.4 is 5.01 Å². The molecule has 1 heterocycles. The molecule has 0 saturated carbocycles. The Morgan fingerprint density at radius 2 is 1.58 bits per heavy atom. The molecule has 2 nitrogen and oxygen atoms in total. The minimum Gasteiger partial charge on any atom is -0.256 e. The lowest BCUT2D eigenvalue weighted by Crippen LogP contribution is -2.20. The summed E-state index contributed by atoms with van der Waals surface area (Å²) in [5.41, 5.74) is 3.57. The molecule has 0 aliphatic carbocycles. The van der Waals surface area contributed by atoms with Crippen LogP contribution >= 0.6 is 31.9 Å². The van der Waals surface area contributed by atoms with Gasteiger partial charge >= 0.3 is 0 Å². The largest absolute Gasteiger partial charge is 0.256 e. The number of hydrogen-bond donors (Lipinski definition) is 0. The molecule has 1 aliphatic rings. The molecule has 1 aliphatic heterocycles. The highest BCUT2D eigenvalue weighted by molar-refractivity contribution is 9.10. The molecule has 26 heavy (non-hydrogen) atoms. The predicted molar refractivity (Wildman–Crippen MR) is 111 cm³/mol. The third-order valence-electron chi connectivity index (χ3n) is 4.45. The first kappa shape index (κ1) is 17.4. The maximum Gasteiger partial charge on any atom is 0.128 e. The molecule has 0 aromatic heterocycles. The van der Waals surface area contributed by atoms with Gasteiger partial charge in [0.25, 0.3) is 0 Å². The number of benzene rings is 3. The summed E-state index contributed by atoms with van der Waals surface area (Å²) in [5, 5.41) is 6.77. The zero-order valence-corrected chi connectivity index (χ0v) is 16.9. The van der Waals surface area contributed by atoms with Crippen molar-refractivity contribution >= 4 is 43.3 Å². The summed E-state index contributed by atoms with van der Waals surface area (Å²) in [4.78, 5) is 0. The van der Waals surface area contributed by atoms with Crippen LogP contribution in [0, 0.1) is 5.82 Å². The van der Waals surface area contributed by atoms with Gasteiger partial charge < -0.3 is 0 Å². The van der Waals surface area contributed by atoms with Gasteiger partial charge in [0.15, 0.2) is 0 Å². The van der Waals surface area contributed by atoms with E-state index in [2.05, 4.69) is 31.9 Å². The third-order valence-corrected chi connectivity index (χ3v) is 5.65. The monoisotopic (exact) mass is 472 g/mol. The van der Waals surface area contributed by atoms with Crippen molar-refractivity contribution in [2.45, 2.75) is 12.5 Å². The molecule has 0 amide bonds. The molecule has 0 radical (unpaired) electrons. The highest BCUT2D eigenvalue weighted by atomic mass is 79.9. The lowest BCUT2D eigenvalue weighted by atomic mass is 9.98. The second-order valence-electron chi connectivity index (χ2n) is 6.09. The topological polar surface area (TPSA) is 15.6 Å². The summed E-state index contributed by atoms with van der Waals surface area (Å²) < 4.78 is 16.5. The Morgan fingerprint density at radius 3 is 2.31 bits per heavy atom. The number of rotatable bonds is 3. The van der Waals surface area contributed by atoms with E-state index in [1.54, 1.807) is 6.07 Å². The molecule has 1 atom stereocenters. The van der Waals surface area contributed by atoms with Crippen molar-refractivity contribution in [1.82, 2.24) is 0 Å². The lowest BCUT2D eigenvalue weighted by molar-refractivity contribution is 0.579. The summed E-state index contributed by atoms with van der Waals surface area (Å²) in [6.45, 7) is 0. The average molecular weight is 474 g/mol. The van der Waals surface area contributed by atoms with E-state index in [1.165, 1.54) is 6.07 Å². The average Bonchev–Trinajstić information content (AvgIpc) is 3.08. The first-order chi connectivity index (χ1) is 12.6. The zero-order valence-electron chi connectivity index (χ0n) is 13.7. The van der Waals surface area contributed by atoms with Gasteiger partial charge in [0.05, 0.1) is 17.4 Å². The van der Waals surface area contributed by atoms with E-state index in [0.717, 1.165) is 25.9 Å². The van der Waals surface area contributed by atoms with Crippen LogP contribution in [-0.2, 0) is 0 Å². The van der Waals surface area contributed by atoms with Crippen LogP contribution in [0.15, 0.2) is 86.8 Å². The molecule has 5 heteroatoms. The molecule has 1 unspecified atom stereocenters. The van der Waals surface area contributed by atoms with E-state index < -0.39 is 0 Å². The van der Waals surface area contributed by atoms with Crippen LogP contribution in [0.3, 0.4) is 0 Å². The van der Waals surface area contributed by atoms with E-state index in [0.29, 0.717) is 12.0 Å². The van der Waals surface area contributed by atoms with Crippen molar-refractivity contribution in [3.05, 3.63) is 98.7 Å². The van der Waals surface area contributed by atoms with Gasteiger partial charge in [0.1, 0.15) is 5.82 Å². The maximum atomic E-state index is 14.5. The van der Waals surface area contributed by atoms with E-state index in [9.17, 15) is 4.39 Å². The van der Waals surface area contributed by atoms with Gasteiger partial charge in [-0.3, -0.25) is 5.01 Å². The van der Waals surface area contributed by atoms with E-state index in [-0.39, 0.29) is 11.9 Å². The third kappa shape index (κ3) is 3.33. The van der Waals surface area contributed by atoms with E-state index in [4.69, 9.17) is 5.10 Å². The van der Waals surface area contributed by atoms with E-state index >= 15 is 0 Å². The van der Waals surface area contributed by atoms with Gasteiger partial charge in [-0.15, -0.1) is 0 Å². The number of nitrogens with zero attached hydrogens (tertiary/aromatic N) is 2. The minimum absolute atomic E-state index is 0.187. The van der Waals surface area contributed by atoms with Gasteiger partial charge in [-0.2, -0.15) is 5.10 Å². The van der Waals surface area contributed by atoms with Crippen molar-refractivity contribution in [2.75, 3.05) is 5.01 Å². The van der Waals surface area contributed by atoms with Crippen LogP contribution in [-0.4, -0.2) is 5.71 Å². The van der Waals surface area contributed by atoms with Crippen molar-refractivity contribution < 1.29 is 4.39 Å². The normalized spacial score (nSPS) is 16.7. The molecule has 3 aromatic carbocycles. The van der Waals surface area contributed by atoms with Crippen molar-refractivity contribution in [3.8, 4) is 0 Å². The molecule has 0 saturated heterocycles. The molecule has 0 fully saturated rings. The number of halogens is 3. The molecular formula is C21H15Br2FN2. The fourth-order valence-electron chi connectivity index (χ4n) is 3.17. The number of para-hydroxylation sites is 1. The first-order valence-electron chi connectivity index (χ1n) is 8.25. The smallest absolute Gasteiger partial charge is 0.128 e. The highest BCUT2D eigenvalue weighted by Gasteiger charge is 2.32. The van der Waals surface area contributed by atoms with Gasteiger partial charge in [0, 0.05) is 20.9 Å². The van der Waals surface area contributed by atoms with Crippen LogP contribution in [0.2, 0.25) is 0 Å². The lowest BCUT2D eigenvalue weighted by Gasteiger charge is -2.25. The second-order valence-corrected chi connectivity index (χ2v) is 7.86. The van der Waals surface area contributed by atoms with Crippen LogP contribution in [0.1, 0.15) is 23.6 Å². The molecule has 0 bridgehead atoms. The summed E-state index contributed by atoms with van der Waals surface area (Å²) in [7, 11) is 0. The molecule has 130 valence electrons. The first-order valence-corrected chi connectivity index (χ1v) is 9.83. The SMILES string of the molecule is Fc1ccccc1C1CC(c2ccc(Br)cc2)=NN1c1ccccc1Br. The molecule has 0 spiro atoms. The Morgan fingerprint density at radius 1 is 0.885 bits per heavy atom. The van der Waals surface area contributed by atoms with Gasteiger partial charge in [-0.05, 0) is 51.8 Å². The van der Waals surface area contributed by atoms with Gasteiger partial charge in [-0.25, -0.2) is 4.39 Å². The molecule has 4 rings (SSSR count). The van der Waals surface area contributed by atoms with Crippen molar-refractivity contribution in [2.24, 2.45) is 5.10 Å². The predicted octanol–water partition coefficient (Wildman–Crippen LogP) is 6.71. The number of hydrazone groups is 1. The summed E-state index contributed by atoms with van der Waals surface area (Å²) in [6.07, 6.45) is 0.643. The van der Waals surface area contributed by atoms with Crippen LogP contribution in [0.25, 0.3) is 0 Å². The number of anilines is 1. The summed E-state index contributed by atoms with van der Waals surface area (Å²) in [5.74, 6) is -0.207. The van der Waals surface area contributed by atoms with Crippen LogP contribution in [0.5, 0.6) is 0 Å². The van der Waals surface area contributed by atoms with Gasteiger partial charge in [0.2, 0.25) is 0 Å². The molecule has 0 N–H and O–H groups in total. The van der Waals surface area contributed by atoms with Crippen molar-refractivity contribution in [1.29, 1.82) is 0 Å².